The number of benzene rings is 1. The lowest BCUT2D eigenvalue weighted by Crippen LogP contribution is -2.06. The Balaban J connectivity index is 2.22. The third-order valence-corrected chi connectivity index (χ3v) is 2.87. The first-order chi connectivity index (χ1) is 9.97. The van der Waals surface area contributed by atoms with Crippen LogP contribution in [-0.2, 0) is 11.2 Å². The molecule has 0 spiro atoms. The SMILES string of the molecule is O=C(O)/C(O)=C/C(=O)c1[nH]ccc1Cc1ccc(F)cc1. The Labute approximate surface area is 119 Å². The van der Waals surface area contributed by atoms with E-state index in [0.29, 0.717) is 18.1 Å². The molecule has 1 aromatic carbocycles. The molecule has 0 atom stereocenters. The van der Waals surface area contributed by atoms with Crippen LogP contribution in [0, 0.1) is 5.82 Å². The fourth-order valence-electron chi connectivity index (χ4n) is 1.86. The van der Waals surface area contributed by atoms with Gasteiger partial charge in [-0.15, -0.1) is 0 Å². The van der Waals surface area contributed by atoms with Crippen LogP contribution in [0.5, 0.6) is 0 Å². The summed E-state index contributed by atoms with van der Waals surface area (Å²) in [7, 11) is 0. The zero-order chi connectivity index (χ0) is 15.4. The lowest BCUT2D eigenvalue weighted by molar-refractivity contribution is -0.135. The number of ketones is 1. The number of carboxylic acids is 1. The molecule has 1 heterocycles. The Morgan fingerprint density at radius 3 is 2.43 bits per heavy atom. The first-order valence-corrected chi connectivity index (χ1v) is 6.06. The summed E-state index contributed by atoms with van der Waals surface area (Å²) in [6, 6.07) is 7.50. The maximum atomic E-state index is 12.8. The predicted molar refractivity (Wildman–Crippen MR) is 72.7 cm³/mol. The van der Waals surface area contributed by atoms with Gasteiger partial charge in [0.05, 0.1) is 5.69 Å². The normalized spacial score (nSPS) is 11.4. The number of halogens is 1. The van der Waals surface area contributed by atoms with Gasteiger partial charge >= 0.3 is 5.97 Å². The smallest absolute Gasteiger partial charge is 0.371 e. The summed E-state index contributed by atoms with van der Waals surface area (Å²) in [5, 5.41) is 17.6. The van der Waals surface area contributed by atoms with Crippen LogP contribution < -0.4 is 0 Å². The second-order valence-electron chi connectivity index (χ2n) is 4.38. The first kappa shape index (κ1) is 14.5. The highest BCUT2D eigenvalue weighted by Crippen LogP contribution is 2.15. The molecule has 0 radical (unpaired) electrons. The molecule has 0 aliphatic heterocycles. The van der Waals surface area contributed by atoms with Crippen molar-refractivity contribution in [2.75, 3.05) is 0 Å². The molecule has 1 aromatic heterocycles. The van der Waals surface area contributed by atoms with Gasteiger partial charge in [-0.1, -0.05) is 12.1 Å². The minimum Gasteiger partial charge on any atom is -0.502 e. The summed E-state index contributed by atoms with van der Waals surface area (Å²) in [6.07, 6.45) is 2.56. The van der Waals surface area contributed by atoms with Crippen LogP contribution in [0.3, 0.4) is 0 Å². The number of carbonyl (C=O) groups excluding carboxylic acids is 1. The molecule has 2 aromatic rings. The Hall–Kier alpha value is -2.89. The Bertz CT molecular complexity index is 701. The number of aliphatic carboxylic acids is 1. The van der Waals surface area contributed by atoms with Gasteiger partial charge in [-0.25, -0.2) is 9.18 Å². The molecule has 0 bridgehead atoms. The van der Waals surface area contributed by atoms with E-state index in [9.17, 15) is 14.0 Å². The summed E-state index contributed by atoms with van der Waals surface area (Å²) in [4.78, 5) is 25.1. The van der Waals surface area contributed by atoms with Crippen LogP contribution in [-0.4, -0.2) is 26.9 Å². The highest BCUT2D eigenvalue weighted by Gasteiger charge is 2.14. The van der Waals surface area contributed by atoms with Crippen molar-refractivity contribution in [3.8, 4) is 0 Å². The molecule has 0 unspecified atom stereocenters. The zero-order valence-corrected chi connectivity index (χ0v) is 10.8. The molecular weight excluding hydrogens is 277 g/mol. The van der Waals surface area contributed by atoms with Gasteiger partial charge in [-0.05, 0) is 35.7 Å². The molecule has 0 amide bonds. The van der Waals surface area contributed by atoms with E-state index in [1.807, 2.05) is 0 Å². The summed E-state index contributed by atoms with van der Waals surface area (Å²) in [6.45, 7) is 0. The average Bonchev–Trinajstić information content (AvgIpc) is 2.89. The van der Waals surface area contributed by atoms with Crippen molar-refractivity contribution in [3.05, 3.63) is 71.0 Å². The van der Waals surface area contributed by atoms with Crippen LogP contribution in [0.25, 0.3) is 0 Å². The number of carbonyl (C=O) groups is 2. The van der Waals surface area contributed by atoms with Crippen molar-refractivity contribution in [3.63, 3.8) is 0 Å². The number of carboxylic acid groups (broad SMARTS) is 1. The van der Waals surface area contributed by atoms with E-state index in [2.05, 4.69) is 4.98 Å². The minimum absolute atomic E-state index is 0.187. The maximum Gasteiger partial charge on any atom is 0.371 e. The molecule has 0 fully saturated rings. The van der Waals surface area contributed by atoms with Crippen molar-refractivity contribution in [2.45, 2.75) is 6.42 Å². The molecule has 2 rings (SSSR count). The second-order valence-corrected chi connectivity index (χ2v) is 4.38. The van der Waals surface area contributed by atoms with Crippen LogP contribution in [0.4, 0.5) is 4.39 Å². The number of allylic oxidation sites excluding steroid dienone is 1. The number of H-pyrrole nitrogens is 1. The third-order valence-electron chi connectivity index (χ3n) is 2.87. The minimum atomic E-state index is -1.57. The Morgan fingerprint density at radius 2 is 1.81 bits per heavy atom. The van der Waals surface area contributed by atoms with Crippen molar-refractivity contribution < 1.29 is 24.2 Å². The van der Waals surface area contributed by atoms with E-state index >= 15 is 0 Å². The predicted octanol–water partition coefficient (Wildman–Crippen LogP) is 2.45. The van der Waals surface area contributed by atoms with Gasteiger partial charge in [0, 0.05) is 12.3 Å². The largest absolute Gasteiger partial charge is 0.502 e. The number of aromatic amines is 1. The van der Waals surface area contributed by atoms with Crippen molar-refractivity contribution in [2.24, 2.45) is 0 Å². The fourth-order valence-corrected chi connectivity index (χ4v) is 1.86. The van der Waals surface area contributed by atoms with Crippen molar-refractivity contribution >= 4 is 11.8 Å². The van der Waals surface area contributed by atoms with Gasteiger partial charge in [0.25, 0.3) is 0 Å². The number of aromatic nitrogens is 1. The number of hydrogen-bond acceptors (Lipinski definition) is 3. The van der Waals surface area contributed by atoms with Crippen molar-refractivity contribution in [1.82, 2.24) is 4.98 Å². The summed E-state index contributed by atoms with van der Waals surface area (Å²) >= 11 is 0. The van der Waals surface area contributed by atoms with E-state index in [-0.39, 0.29) is 11.5 Å². The molecule has 0 saturated heterocycles. The summed E-state index contributed by atoms with van der Waals surface area (Å²) < 4.78 is 12.8. The molecule has 3 N–H and O–H groups in total. The van der Waals surface area contributed by atoms with E-state index in [1.165, 1.54) is 18.3 Å². The van der Waals surface area contributed by atoms with E-state index in [4.69, 9.17) is 10.2 Å². The van der Waals surface area contributed by atoms with E-state index in [0.717, 1.165) is 5.56 Å². The molecule has 108 valence electrons. The molecule has 0 aliphatic carbocycles. The van der Waals surface area contributed by atoms with Gasteiger partial charge in [0.1, 0.15) is 5.82 Å². The second kappa shape index (κ2) is 6.04. The zero-order valence-electron chi connectivity index (χ0n) is 10.8. The molecular formula is C15H12FNO4. The first-order valence-electron chi connectivity index (χ1n) is 6.06. The van der Waals surface area contributed by atoms with Crippen LogP contribution in [0.15, 0.2) is 48.4 Å². The number of aliphatic hydroxyl groups is 1. The van der Waals surface area contributed by atoms with Crippen molar-refractivity contribution in [1.29, 1.82) is 0 Å². The lowest BCUT2D eigenvalue weighted by atomic mass is 10.0. The topological polar surface area (TPSA) is 90.4 Å². The third kappa shape index (κ3) is 3.56. The Morgan fingerprint density at radius 1 is 1.14 bits per heavy atom. The fraction of sp³-hybridized carbons (Fsp3) is 0.0667. The van der Waals surface area contributed by atoms with Crippen LogP contribution in [0.1, 0.15) is 21.6 Å². The highest BCUT2D eigenvalue weighted by molar-refractivity contribution is 6.07. The Kier molecular flexibility index (Phi) is 4.18. The summed E-state index contributed by atoms with van der Waals surface area (Å²) in [5.41, 5.74) is 1.62. The van der Waals surface area contributed by atoms with Gasteiger partial charge in [-0.3, -0.25) is 4.79 Å². The number of hydrogen-bond donors (Lipinski definition) is 3. The number of aliphatic hydroxyl groups excluding tert-OH is 1. The van der Waals surface area contributed by atoms with E-state index < -0.39 is 17.5 Å². The maximum absolute atomic E-state index is 12.8. The highest BCUT2D eigenvalue weighted by atomic mass is 19.1. The molecule has 6 heteroatoms. The van der Waals surface area contributed by atoms with Crippen LogP contribution >= 0.6 is 0 Å². The van der Waals surface area contributed by atoms with E-state index in [1.54, 1.807) is 18.2 Å². The van der Waals surface area contributed by atoms with Gasteiger partial charge < -0.3 is 15.2 Å². The van der Waals surface area contributed by atoms with Crippen LogP contribution in [0.2, 0.25) is 0 Å². The van der Waals surface area contributed by atoms with Gasteiger partial charge in [0.2, 0.25) is 11.5 Å². The monoisotopic (exact) mass is 289 g/mol. The molecule has 0 aliphatic rings. The quantitative estimate of drug-likeness (QED) is 0.448. The standard InChI is InChI=1S/C15H12FNO4/c16-11-3-1-9(2-4-11)7-10-5-6-17-14(10)12(18)8-13(19)15(20)21/h1-6,8,17,19H,7H2,(H,20,21)/b13-8-. The lowest BCUT2D eigenvalue weighted by Gasteiger charge is -2.02. The molecule has 21 heavy (non-hydrogen) atoms. The van der Waals surface area contributed by atoms with Gasteiger partial charge in [-0.2, -0.15) is 0 Å². The number of nitrogens with one attached hydrogen (secondary N) is 1. The molecule has 0 saturated carbocycles. The number of rotatable bonds is 5. The summed E-state index contributed by atoms with van der Waals surface area (Å²) in [5.74, 6) is -3.59. The molecule has 5 nitrogen and oxygen atoms in total. The van der Waals surface area contributed by atoms with Gasteiger partial charge in [0.15, 0.2) is 0 Å². The average molecular weight is 289 g/mol.